The molecule has 0 bridgehead atoms. The second kappa shape index (κ2) is 7.88. The number of nitrogens with zero attached hydrogens (tertiary/aromatic N) is 5. The van der Waals surface area contributed by atoms with Crippen molar-refractivity contribution in [2.75, 3.05) is 5.32 Å². The summed E-state index contributed by atoms with van der Waals surface area (Å²) in [4.78, 5) is 32.1. The number of amides is 1. The number of hydrogen-bond donors (Lipinski definition) is 1. The molecule has 1 amide bonds. The zero-order chi connectivity index (χ0) is 21.4. The Morgan fingerprint density at radius 1 is 1.27 bits per heavy atom. The van der Waals surface area contributed by atoms with E-state index < -0.39 is 10.2 Å². The number of halogens is 1. The molecule has 0 aliphatic carbocycles. The van der Waals surface area contributed by atoms with Crippen LogP contribution in [0.15, 0.2) is 47.6 Å². The van der Waals surface area contributed by atoms with Crippen LogP contribution in [0, 0.1) is 17.0 Å². The van der Waals surface area contributed by atoms with Crippen molar-refractivity contribution in [2.24, 2.45) is 0 Å². The summed E-state index contributed by atoms with van der Waals surface area (Å²) in [5, 5.41) is 18.9. The maximum atomic E-state index is 12.7. The lowest BCUT2D eigenvalue weighted by atomic mass is 10.2. The van der Waals surface area contributed by atoms with E-state index in [9.17, 15) is 14.9 Å². The van der Waals surface area contributed by atoms with Crippen molar-refractivity contribution >= 4 is 57.2 Å². The maximum Gasteiger partial charge on any atom is 0.271 e. The molecule has 0 aliphatic rings. The van der Waals surface area contributed by atoms with Crippen LogP contribution in [0.4, 0.5) is 11.4 Å². The standard InChI is InChI=1S/C19H15ClN6O3S/c1-10(18(27)22-16-8-7-12(26(28)29)9-14(16)20)30-19-23-15-6-4-3-5-13(15)17-21-11(2)24-25(17)19/h3-10H,1-2H3,(H,22,27). The van der Waals surface area contributed by atoms with E-state index in [1.54, 1.807) is 18.4 Å². The molecule has 30 heavy (non-hydrogen) atoms. The molecular weight excluding hydrogens is 428 g/mol. The third-order valence-corrected chi connectivity index (χ3v) is 5.68. The molecule has 4 rings (SSSR count). The molecule has 2 aromatic heterocycles. The predicted octanol–water partition coefficient (Wildman–Crippen LogP) is 4.27. The molecule has 1 unspecified atom stereocenters. The molecule has 152 valence electrons. The second-order valence-corrected chi connectivity index (χ2v) is 8.19. The number of nitrogens with one attached hydrogen (secondary N) is 1. The minimum atomic E-state index is -0.549. The number of aryl methyl sites for hydroxylation is 1. The highest BCUT2D eigenvalue weighted by Gasteiger charge is 2.21. The Labute approximate surface area is 179 Å². The van der Waals surface area contributed by atoms with Crippen LogP contribution >= 0.6 is 23.4 Å². The maximum absolute atomic E-state index is 12.7. The Kier molecular flexibility index (Phi) is 5.27. The van der Waals surface area contributed by atoms with Gasteiger partial charge in [0.2, 0.25) is 5.91 Å². The number of nitro benzene ring substituents is 1. The number of aromatic nitrogens is 4. The topological polar surface area (TPSA) is 115 Å². The molecule has 1 N–H and O–H groups in total. The number of para-hydroxylation sites is 1. The minimum Gasteiger partial charge on any atom is -0.324 e. The van der Waals surface area contributed by atoms with E-state index in [0.29, 0.717) is 22.3 Å². The number of nitro groups is 1. The summed E-state index contributed by atoms with van der Waals surface area (Å²) in [6, 6.07) is 11.5. The van der Waals surface area contributed by atoms with Gasteiger partial charge in [-0.05, 0) is 32.0 Å². The fourth-order valence-corrected chi connectivity index (χ4v) is 3.96. The summed E-state index contributed by atoms with van der Waals surface area (Å²) in [6.45, 7) is 3.52. The van der Waals surface area contributed by atoms with Crippen molar-refractivity contribution in [2.45, 2.75) is 24.3 Å². The normalized spacial score (nSPS) is 12.2. The third-order valence-electron chi connectivity index (χ3n) is 4.33. The van der Waals surface area contributed by atoms with Crippen LogP contribution < -0.4 is 5.32 Å². The highest BCUT2D eigenvalue weighted by atomic mass is 35.5. The first kappa shape index (κ1) is 20.0. The highest BCUT2D eigenvalue weighted by molar-refractivity contribution is 8.00. The number of carbonyl (C=O) groups excluding carboxylic acids is 1. The van der Waals surface area contributed by atoms with Gasteiger partial charge in [0.15, 0.2) is 10.8 Å². The van der Waals surface area contributed by atoms with E-state index in [1.165, 1.54) is 30.0 Å². The number of benzene rings is 2. The van der Waals surface area contributed by atoms with Crippen molar-refractivity contribution < 1.29 is 9.72 Å². The van der Waals surface area contributed by atoms with Gasteiger partial charge in [0.25, 0.3) is 5.69 Å². The van der Waals surface area contributed by atoms with E-state index >= 15 is 0 Å². The smallest absolute Gasteiger partial charge is 0.271 e. The van der Waals surface area contributed by atoms with Gasteiger partial charge < -0.3 is 5.32 Å². The van der Waals surface area contributed by atoms with Gasteiger partial charge in [0.1, 0.15) is 5.82 Å². The number of rotatable bonds is 5. The van der Waals surface area contributed by atoms with E-state index in [0.717, 1.165) is 10.9 Å². The fourth-order valence-electron chi connectivity index (χ4n) is 2.87. The quantitative estimate of drug-likeness (QED) is 0.212. The molecule has 2 aromatic carbocycles. The summed E-state index contributed by atoms with van der Waals surface area (Å²) in [5.41, 5.74) is 1.58. The first-order valence-corrected chi connectivity index (χ1v) is 10.1. The molecular formula is C19H15ClN6O3S. The zero-order valence-electron chi connectivity index (χ0n) is 15.9. The molecule has 0 fully saturated rings. The van der Waals surface area contributed by atoms with Crippen LogP contribution in [0.3, 0.4) is 0 Å². The van der Waals surface area contributed by atoms with Crippen LogP contribution in [0.1, 0.15) is 12.7 Å². The first-order valence-electron chi connectivity index (χ1n) is 8.87. The number of anilines is 1. The lowest BCUT2D eigenvalue weighted by Crippen LogP contribution is -2.23. The van der Waals surface area contributed by atoms with Gasteiger partial charge in [-0.2, -0.15) is 4.52 Å². The zero-order valence-corrected chi connectivity index (χ0v) is 17.4. The second-order valence-electron chi connectivity index (χ2n) is 6.48. The number of non-ortho nitro benzene ring substituents is 1. The van der Waals surface area contributed by atoms with Gasteiger partial charge >= 0.3 is 0 Å². The van der Waals surface area contributed by atoms with Crippen LogP contribution in [-0.2, 0) is 4.79 Å². The number of carbonyl (C=O) groups is 1. The molecule has 0 aliphatic heterocycles. The van der Waals surface area contributed by atoms with Crippen LogP contribution in [0.2, 0.25) is 5.02 Å². The molecule has 11 heteroatoms. The largest absolute Gasteiger partial charge is 0.324 e. The van der Waals surface area contributed by atoms with E-state index in [1.807, 2.05) is 24.3 Å². The monoisotopic (exact) mass is 442 g/mol. The molecule has 0 saturated heterocycles. The van der Waals surface area contributed by atoms with Crippen molar-refractivity contribution in [1.29, 1.82) is 0 Å². The molecule has 2 heterocycles. The third kappa shape index (κ3) is 3.79. The van der Waals surface area contributed by atoms with Gasteiger partial charge in [-0.3, -0.25) is 14.9 Å². The van der Waals surface area contributed by atoms with Gasteiger partial charge in [0, 0.05) is 17.5 Å². The summed E-state index contributed by atoms with van der Waals surface area (Å²) in [5.74, 6) is 0.278. The minimum absolute atomic E-state index is 0.0906. The average Bonchev–Trinajstić information content (AvgIpc) is 3.11. The highest BCUT2D eigenvalue weighted by Crippen LogP contribution is 2.30. The summed E-state index contributed by atoms with van der Waals surface area (Å²) in [7, 11) is 0. The van der Waals surface area contributed by atoms with E-state index in [2.05, 4.69) is 20.4 Å². The van der Waals surface area contributed by atoms with Gasteiger partial charge in [-0.1, -0.05) is 35.5 Å². The van der Waals surface area contributed by atoms with Crippen LogP contribution in [-0.4, -0.2) is 35.7 Å². The predicted molar refractivity (Wildman–Crippen MR) is 115 cm³/mol. The van der Waals surface area contributed by atoms with Crippen molar-refractivity contribution in [3.8, 4) is 0 Å². The molecule has 0 spiro atoms. The lowest BCUT2D eigenvalue weighted by molar-refractivity contribution is -0.384. The Bertz CT molecular complexity index is 1310. The Morgan fingerprint density at radius 2 is 2.03 bits per heavy atom. The number of fused-ring (bicyclic) bond motifs is 3. The molecule has 0 saturated carbocycles. The summed E-state index contributed by atoms with van der Waals surface area (Å²) in [6.07, 6.45) is 0. The van der Waals surface area contributed by atoms with Gasteiger partial charge in [-0.25, -0.2) is 9.97 Å². The van der Waals surface area contributed by atoms with Crippen LogP contribution in [0.5, 0.6) is 0 Å². The molecule has 4 aromatic rings. The van der Waals surface area contributed by atoms with E-state index in [-0.39, 0.29) is 16.6 Å². The first-order chi connectivity index (χ1) is 14.3. The Hall–Kier alpha value is -3.24. The molecule has 1 atom stereocenters. The average molecular weight is 443 g/mol. The van der Waals surface area contributed by atoms with Gasteiger partial charge in [0.05, 0.1) is 26.4 Å². The van der Waals surface area contributed by atoms with Crippen molar-refractivity contribution in [3.63, 3.8) is 0 Å². The number of thioether (sulfide) groups is 1. The van der Waals surface area contributed by atoms with Crippen LogP contribution in [0.25, 0.3) is 16.6 Å². The fraction of sp³-hybridized carbons (Fsp3) is 0.158. The Balaban J connectivity index is 1.60. The number of hydrogen-bond acceptors (Lipinski definition) is 7. The summed E-state index contributed by atoms with van der Waals surface area (Å²) >= 11 is 7.30. The summed E-state index contributed by atoms with van der Waals surface area (Å²) < 4.78 is 1.63. The van der Waals surface area contributed by atoms with E-state index in [4.69, 9.17) is 11.6 Å². The van der Waals surface area contributed by atoms with Crippen molar-refractivity contribution in [3.05, 3.63) is 63.4 Å². The molecule has 0 radical (unpaired) electrons. The van der Waals surface area contributed by atoms with Gasteiger partial charge in [-0.15, -0.1) is 5.10 Å². The lowest BCUT2D eigenvalue weighted by Gasteiger charge is -2.13. The Morgan fingerprint density at radius 3 is 2.77 bits per heavy atom. The van der Waals surface area contributed by atoms with Crippen molar-refractivity contribution in [1.82, 2.24) is 19.6 Å². The molecule has 9 nitrogen and oxygen atoms in total. The SMILES string of the molecule is Cc1nc2c3ccccc3nc(SC(C)C(=O)Nc3ccc([N+](=O)[O-])cc3Cl)n2n1.